The number of carbonyl (C=O) groups is 2. The maximum Gasteiger partial charge on any atom is 0.263 e. The lowest BCUT2D eigenvalue weighted by Gasteiger charge is -2.14. The van der Waals surface area contributed by atoms with E-state index in [4.69, 9.17) is 11.6 Å². The summed E-state index contributed by atoms with van der Waals surface area (Å²) in [5.74, 6) is -0.423. The van der Waals surface area contributed by atoms with E-state index in [1.54, 1.807) is 54.9 Å². The van der Waals surface area contributed by atoms with Gasteiger partial charge < -0.3 is 10.6 Å². The molecule has 2 N–H and O–H groups in total. The molecule has 1 aromatic carbocycles. The van der Waals surface area contributed by atoms with Gasteiger partial charge in [0.2, 0.25) is 6.41 Å². The van der Waals surface area contributed by atoms with Gasteiger partial charge in [0.05, 0.1) is 17.5 Å². The van der Waals surface area contributed by atoms with Crippen molar-refractivity contribution in [2.45, 2.75) is 0 Å². The fraction of sp³-hybridized carbons (Fsp3) is 0.0476. The fourth-order valence-corrected chi connectivity index (χ4v) is 3.00. The minimum absolute atomic E-state index is 0.181. The second-order valence-corrected chi connectivity index (χ2v) is 6.40. The van der Waals surface area contributed by atoms with Crippen molar-refractivity contribution in [2.75, 3.05) is 7.05 Å². The fourth-order valence-electron chi connectivity index (χ4n) is 2.81. The van der Waals surface area contributed by atoms with Crippen LogP contribution in [0.4, 0.5) is 0 Å². The topological polar surface area (TPSA) is 93.1 Å². The molecule has 0 fully saturated rings. The summed E-state index contributed by atoms with van der Waals surface area (Å²) in [6.45, 7) is 0. The molecule has 146 valence electrons. The van der Waals surface area contributed by atoms with E-state index < -0.39 is 5.91 Å². The zero-order valence-corrected chi connectivity index (χ0v) is 16.2. The number of rotatable bonds is 6. The first kappa shape index (κ1) is 20.0. The molecule has 0 spiro atoms. The van der Waals surface area contributed by atoms with Crippen LogP contribution in [0.5, 0.6) is 0 Å². The van der Waals surface area contributed by atoms with Crippen LogP contribution in [0, 0.1) is 0 Å². The summed E-state index contributed by atoms with van der Waals surface area (Å²) in [6.07, 6.45) is 6.40. The molecule has 8 heteroatoms. The van der Waals surface area contributed by atoms with Gasteiger partial charge in [-0.2, -0.15) is 0 Å². The lowest BCUT2D eigenvalue weighted by Crippen LogP contribution is -2.24. The van der Waals surface area contributed by atoms with Crippen LogP contribution in [-0.4, -0.2) is 28.9 Å². The van der Waals surface area contributed by atoms with Crippen molar-refractivity contribution in [2.24, 2.45) is 0 Å². The Morgan fingerprint density at radius 3 is 2.69 bits per heavy atom. The van der Waals surface area contributed by atoms with Gasteiger partial charge in [0, 0.05) is 41.8 Å². The molecule has 0 aliphatic heterocycles. The number of benzene rings is 1. The normalized spacial score (nSPS) is 11.0. The SMILES string of the molecule is CNC(=O)/C(=C\NC=O)c1cc(-c2cccc(Cl)c2)c(=O)n(-c2cccnc2)c1. The molecule has 2 aromatic heterocycles. The molecule has 0 saturated carbocycles. The van der Waals surface area contributed by atoms with Gasteiger partial charge in [0.15, 0.2) is 0 Å². The van der Waals surface area contributed by atoms with E-state index >= 15 is 0 Å². The molecule has 0 saturated heterocycles. The highest BCUT2D eigenvalue weighted by molar-refractivity contribution is 6.30. The maximum atomic E-state index is 13.2. The molecule has 0 atom stereocenters. The molecule has 0 radical (unpaired) electrons. The second-order valence-electron chi connectivity index (χ2n) is 5.96. The Balaban J connectivity index is 2.32. The Morgan fingerprint density at radius 1 is 1.21 bits per heavy atom. The van der Waals surface area contributed by atoms with Crippen molar-refractivity contribution in [1.82, 2.24) is 20.2 Å². The van der Waals surface area contributed by atoms with Gasteiger partial charge in [-0.15, -0.1) is 0 Å². The van der Waals surface area contributed by atoms with Crippen molar-refractivity contribution in [3.05, 3.63) is 88.2 Å². The van der Waals surface area contributed by atoms with Crippen LogP contribution < -0.4 is 16.2 Å². The first-order chi connectivity index (χ1) is 14.0. The molecular weight excluding hydrogens is 392 g/mol. The minimum atomic E-state index is -0.423. The smallest absolute Gasteiger partial charge is 0.263 e. The van der Waals surface area contributed by atoms with Gasteiger partial charge in [0.1, 0.15) is 0 Å². The summed E-state index contributed by atoms with van der Waals surface area (Å²) < 4.78 is 1.40. The molecule has 3 rings (SSSR count). The molecule has 0 aliphatic carbocycles. The number of likely N-dealkylation sites (N-methyl/N-ethyl adjacent to an activating group) is 1. The number of hydrogen-bond acceptors (Lipinski definition) is 4. The average molecular weight is 409 g/mol. The van der Waals surface area contributed by atoms with Crippen LogP contribution in [0.3, 0.4) is 0 Å². The van der Waals surface area contributed by atoms with Crippen molar-refractivity contribution in [1.29, 1.82) is 0 Å². The van der Waals surface area contributed by atoms with E-state index in [2.05, 4.69) is 15.6 Å². The molecule has 0 unspecified atom stereocenters. The molecule has 29 heavy (non-hydrogen) atoms. The zero-order valence-electron chi connectivity index (χ0n) is 15.4. The number of nitrogens with one attached hydrogen (secondary N) is 2. The van der Waals surface area contributed by atoms with Crippen LogP contribution in [0.25, 0.3) is 22.4 Å². The van der Waals surface area contributed by atoms with E-state index in [-0.39, 0.29) is 11.1 Å². The third kappa shape index (κ3) is 4.41. The zero-order chi connectivity index (χ0) is 20.8. The van der Waals surface area contributed by atoms with Crippen molar-refractivity contribution in [3.63, 3.8) is 0 Å². The van der Waals surface area contributed by atoms with Gasteiger partial charge in [-0.1, -0.05) is 23.7 Å². The van der Waals surface area contributed by atoms with Crippen molar-refractivity contribution in [3.8, 4) is 16.8 Å². The van der Waals surface area contributed by atoms with Gasteiger partial charge in [0.25, 0.3) is 11.5 Å². The quantitative estimate of drug-likeness (QED) is 0.483. The summed E-state index contributed by atoms with van der Waals surface area (Å²) in [5.41, 5.74) is 1.78. The largest absolute Gasteiger partial charge is 0.355 e. The molecule has 3 aromatic rings. The number of nitrogens with zero attached hydrogens (tertiary/aromatic N) is 2. The van der Waals surface area contributed by atoms with Gasteiger partial charge in [-0.25, -0.2) is 0 Å². The van der Waals surface area contributed by atoms with E-state index in [9.17, 15) is 14.4 Å². The number of amides is 2. The number of hydrogen-bond donors (Lipinski definition) is 2. The Kier molecular flexibility index (Phi) is 6.21. The maximum absolute atomic E-state index is 13.2. The van der Waals surface area contributed by atoms with Gasteiger partial charge in [-0.3, -0.25) is 23.9 Å². The predicted molar refractivity (Wildman–Crippen MR) is 112 cm³/mol. The third-order valence-electron chi connectivity index (χ3n) is 4.16. The molecule has 2 amide bonds. The summed E-state index contributed by atoms with van der Waals surface area (Å²) in [7, 11) is 1.48. The van der Waals surface area contributed by atoms with Crippen LogP contribution >= 0.6 is 11.6 Å². The predicted octanol–water partition coefficient (Wildman–Crippen LogP) is 2.39. The summed E-state index contributed by atoms with van der Waals surface area (Å²) in [4.78, 5) is 40.4. The Morgan fingerprint density at radius 2 is 2.03 bits per heavy atom. The number of carbonyl (C=O) groups excluding carboxylic acids is 2. The second kappa shape index (κ2) is 8.99. The van der Waals surface area contributed by atoms with Crippen LogP contribution in [0.2, 0.25) is 5.02 Å². The van der Waals surface area contributed by atoms with Gasteiger partial charge >= 0.3 is 0 Å². The molecular formula is C21H17ClN4O3. The minimum Gasteiger partial charge on any atom is -0.355 e. The first-order valence-electron chi connectivity index (χ1n) is 8.60. The highest BCUT2D eigenvalue weighted by Crippen LogP contribution is 2.24. The van der Waals surface area contributed by atoms with Crippen molar-refractivity contribution < 1.29 is 9.59 Å². The highest BCUT2D eigenvalue weighted by atomic mass is 35.5. The van der Waals surface area contributed by atoms with Crippen LogP contribution in [0.1, 0.15) is 5.56 Å². The average Bonchev–Trinajstić information content (AvgIpc) is 2.75. The summed E-state index contributed by atoms with van der Waals surface area (Å²) in [6, 6.07) is 11.9. The summed E-state index contributed by atoms with van der Waals surface area (Å²) in [5, 5.41) is 5.39. The standard InChI is InChI=1S/C21H17ClN4O3/c1-23-20(28)19(11-25-13-27)15-9-18(14-4-2-5-16(22)8-14)21(29)26(12-15)17-6-3-7-24-10-17/h2-13H,1H3,(H,23,28)(H,25,27)/b19-11-. The third-order valence-corrected chi connectivity index (χ3v) is 4.39. The lowest BCUT2D eigenvalue weighted by atomic mass is 10.0. The van der Waals surface area contributed by atoms with Gasteiger partial charge in [-0.05, 0) is 35.9 Å². The first-order valence-corrected chi connectivity index (χ1v) is 8.98. The number of aromatic nitrogens is 2. The Hall–Kier alpha value is -3.71. The molecule has 7 nitrogen and oxygen atoms in total. The molecule has 0 bridgehead atoms. The van der Waals surface area contributed by atoms with E-state index in [0.717, 1.165) is 0 Å². The molecule has 0 aliphatic rings. The molecule has 2 heterocycles. The van der Waals surface area contributed by atoms with E-state index in [1.165, 1.54) is 24.0 Å². The van der Waals surface area contributed by atoms with E-state index in [0.29, 0.717) is 33.8 Å². The monoisotopic (exact) mass is 408 g/mol. The van der Waals surface area contributed by atoms with E-state index in [1.807, 2.05) is 0 Å². The number of halogens is 1. The van der Waals surface area contributed by atoms with Crippen LogP contribution in [0.15, 0.2) is 72.0 Å². The Labute approximate surface area is 171 Å². The van der Waals surface area contributed by atoms with Crippen molar-refractivity contribution >= 4 is 29.5 Å². The van der Waals surface area contributed by atoms with Crippen LogP contribution in [-0.2, 0) is 9.59 Å². The Bertz CT molecular complexity index is 1140. The highest BCUT2D eigenvalue weighted by Gasteiger charge is 2.17. The number of pyridine rings is 2. The lowest BCUT2D eigenvalue weighted by molar-refractivity contribution is -0.115. The summed E-state index contributed by atoms with van der Waals surface area (Å²) >= 11 is 6.10.